The van der Waals surface area contributed by atoms with Gasteiger partial charge in [-0.15, -0.1) is 0 Å². The zero-order chi connectivity index (χ0) is 14.9. The fourth-order valence-electron chi connectivity index (χ4n) is 1.55. The predicted molar refractivity (Wildman–Crippen MR) is 68.1 cm³/mol. The van der Waals surface area contributed by atoms with Crippen LogP contribution in [0.3, 0.4) is 0 Å². The molecule has 0 radical (unpaired) electrons. The lowest BCUT2D eigenvalue weighted by molar-refractivity contribution is -0.142. The van der Waals surface area contributed by atoms with Gasteiger partial charge >= 0.3 is 6.18 Å². The van der Waals surface area contributed by atoms with Gasteiger partial charge < -0.3 is 5.32 Å². The van der Waals surface area contributed by atoms with Crippen molar-refractivity contribution in [1.82, 2.24) is 14.8 Å². The molecule has 0 unspecified atom stereocenters. The highest BCUT2D eigenvalue weighted by molar-refractivity contribution is 9.10. The quantitative estimate of drug-likeness (QED) is 0.907. The molecule has 106 valence electrons. The molecule has 0 fully saturated rings. The summed E-state index contributed by atoms with van der Waals surface area (Å²) >= 11 is 2.78. The first-order chi connectivity index (χ1) is 9.30. The van der Waals surface area contributed by atoms with E-state index in [-0.39, 0.29) is 10.2 Å². The van der Waals surface area contributed by atoms with E-state index in [2.05, 4.69) is 31.3 Å². The number of aryl methyl sites for hydroxylation is 1. The van der Waals surface area contributed by atoms with Gasteiger partial charge in [0.2, 0.25) is 0 Å². The highest BCUT2D eigenvalue weighted by atomic mass is 79.9. The number of hydrogen-bond donors (Lipinski definition) is 1. The van der Waals surface area contributed by atoms with Crippen LogP contribution in [0.1, 0.15) is 16.2 Å². The Hall–Kier alpha value is -1.90. The molecule has 9 heteroatoms. The summed E-state index contributed by atoms with van der Waals surface area (Å²) in [6.45, 7) is 0. The Bertz CT molecular complexity index is 639. The van der Waals surface area contributed by atoms with Crippen molar-refractivity contribution in [2.75, 3.05) is 5.32 Å². The molecule has 0 spiro atoms. The lowest BCUT2D eigenvalue weighted by Gasteiger charge is -2.05. The van der Waals surface area contributed by atoms with E-state index in [0.717, 1.165) is 4.68 Å². The van der Waals surface area contributed by atoms with Crippen molar-refractivity contribution >= 4 is 27.5 Å². The monoisotopic (exact) mass is 348 g/mol. The number of alkyl halides is 3. The van der Waals surface area contributed by atoms with Gasteiger partial charge in [0.15, 0.2) is 5.69 Å². The standard InChI is InChI=1S/C11H8BrF3N4O/c1-19-8(7(12)9(18-19)11(13,14)15)10(20)17-6-2-4-16-5-3-6/h2-5H,1H3,(H,16,17,20). The van der Waals surface area contributed by atoms with Gasteiger partial charge in [0, 0.05) is 25.1 Å². The van der Waals surface area contributed by atoms with E-state index in [1.54, 1.807) is 0 Å². The minimum Gasteiger partial charge on any atom is -0.321 e. The SMILES string of the molecule is Cn1nc(C(F)(F)F)c(Br)c1C(=O)Nc1ccncc1. The van der Waals surface area contributed by atoms with Crippen molar-refractivity contribution in [3.63, 3.8) is 0 Å². The summed E-state index contributed by atoms with van der Waals surface area (Å²) in [5.41, 5.74) is -0.930. The van der Waals surface area contributed by atoms with Gasteiger partial charge in [0.05, 0.1) is 4.47 Å². The molecule has 0 saturated carbocycles. The molecule has 0 aliphatic carbocycles. The Morgan fingerprint density at radius 2 is 1.95 bits per heavy atom. The Morgan fingerprint density at radius 3 is 2.45 bits per heavy atom. The Kier molecular flexibility index (Phi) is 3.80. The number of amides is 1. The van der Waals surface area contributed by atoms with E-state index in [9.17, 15) is 18.0 Å². The lowest BCUT2D eigenvalue weighted by Crippen LogP contribution is -2.16. The van der Waals surface area contributed by atoms with Gasteiger partial charge in [-0.3, -0.25) is 14.5 Å². The van der Waals surface area contributed by atoms with E-state index >= 15 is 0 Å². The summed E-state index contributed by atoms with van der Waals surface area (Å²) in [6, 6.07) is 3.04. The minimum absolute atomic E-state index is 0.214. The minimum atomic E-state index is -4.63. The zero-order valence-corrected chi connectivity index (χ0v) is 11.7. The van der Waals surface area contributed by atoms with Crippen LogP contribution in [0.25, 0.3) is 0 Å². The maximum absolute atomic E-state index is 12.7. The van der Waals surface area contributed by atoms with Crippen LogP contribution in [0.4, 0.5) is 18.9 Å². The molecule has 20 heavy (non-hydrogen) atoms. The zero-order valence-electron chi connectivity index (χ0n) is 10.1. The molecule has 0 aromatic carbocycles. The smallest absolute Gasteiger partial charge is 0.321 e. The van der Waals surface area contributed by atoms with Crippen LogP contribution in [-0.2, 0) is 13.2 Å². The maximum Gasteiger partial charge on any atom is 0.436 e. The highest BCUT2D eigenvalue weighted by Gasteiger charge is 2.39. The van der Waals surface area contributed by atoms with Gasteiger partial charge in [-0.05, 0) is 28.1 Å². The molecule has 2 aromatic heterocycles. The molecule has 5 nitrogen and oxygen atoms in total. The van der Waals surface area contributed by atoms with Gasteiger partial charge in [-0.1, -0.05) is 0 Å². The van der Waals surface area contributed by atoms with Crippen LogP contribution in [-0.4, -0.2) is 20.7 Å². The van der Waals surface area contributed by atoms with Crippen molar-refractivity contribution in [3.05, 3.63) is 40.4 Å². The van der Waals surface area contributed by atoms with Gasteiger partial charge in [0.1, 0.15) is 5.69 Å². The first-order valence-corrected chi connectivity index (χ1v) is 6.11. The van der Waals surface area contributed by atoms with Crippen molar-refractivity contribution in [3.8, 4) is 0 Å². The molecule has 1 N–H and O–H groups in total. The number of carbonyl (C=O) groups excluding carboxylic acids is 1. The number of anilines is 1. The molecule has 2 rings (SSSR count). The maximum atomic E-state index is 12.7. The number of nitrogens with one attached hydrogen (secondary N) is 1. The van der Waals surface area contributed by atoms with Crippen molar-refractivity contribution in [2.45, 2.75) is 6.18 Å². The molecule has 0 saturated heterocycles. The normalized spacial score (nSPS) is 11.4. The first kappa shape index (κ1) is 14.5. The summed E-state index contributed by atoms with van der Waals surface area (Å²) in [7, 11) is 1.27. The lowest BCUT2D eigenvalue weighted by atomic mass is 10.3. The highest BCUT2D eigenvalue weighted by Crippen LogP contribution is 2.35. The number of pyridine rings is 1. The van der Waals surface area contributed by atoms with Gasteiger partial charge in [0.25, 0.3) is 5.91 Å². The number of nitrogens with zero attached hydrogens (tertiary/aromatic N) is 3. The second-order valence-corrected chi connectivity index (χ2v) is 4.62. The van der Waals surface area contributed by atoms with Crippen molar-refractivity contribution in [1.29, 1.82) is 0 Å². The summed E-state index contributed by atoms with van der Waals surface area (Å²) in [6.07, 6.45) is -1.73. The van der Waals surface area contributed by atoms with Gasteiger partial charge in [-0.2, -0.15) is 18.3 Å². The molecule has 0 atom stereocenters. The largest absolute Gasteiger partial charge is 0.436 e. The second-order valence-electron chi connectivity index (χ2n) is 3.82. The number of rotatable bonds is 2. The summed E-state index contributed by atoms with van der Waals surface area (Å²) in [4.78, 5) is 15.8. The predicted octanol–water partition coefficient (Wildman–Crippen LogP) is 2.85. The molecule has 1 amide bonds. The Morgan fingerprint density at radius 1 is 1.35 bits per heavy atom. The van der Waals surface area contributed by atoms with Crippen LogP contribution >= 0.6 is 15.9 Å². The van der Waals surface area contributed by atoms with Crippen molar-refractivity contribution < 1.29 is 18.0 Å². The van der Waals surface area contributed by atoms with E-state index in [1.807, 2.05) is 0 Å². The summed E-state index contributed by atoms with van der Waals surface area (Å²) < 4.78 is 38.5. The van der Waals surface area contributed by atoms with Gasteiger partial charge in [-0.25, -0.2) is 0 Å². The average molecular weight is 349 g/mol. The number of carbonyl (C=O) groups is 1. The average Bonchev–Trinajstić information content (AvgIpc) is 2.66. The molecular weight excluding hydrogens is 341 g/mol. The topological polar surface area (TPSA) is 59.8 Å². The molecule has 2 heterocycles. The third-order valence-electron chi connectivity index (χ3n) is 2.41. The fraction of sp³-hybridized carbons (Fsp3) is 0.182. The van der Waals surface area contributed by atoms with Crippen LogP contribution in [0.15, 0.2) is 29.0 Å². The Balaban J connectivity index is 2.34. The van der Waals surface area contributed by atoms with Crippen LogP contribution < -0.4 is 5.32 Å². The number of hydrogen-bond acceptors (Lipinski definition) is 3. The second kappa shape index (κ2) is 5.23. The van der Waals surface area contributed by atoms with E-state index in [1.165, 1.54) is 31.6 Å². The van der Waals surface area contributed by atoms with E-state index < -0.39 is 17.8 Å². The van der Waals surface area contributed by atoms with Crippen LogP contribution in [0.2, 0.25) is 0 Å². The van der Waals surface area contributed by atoms with E-state index in [0.29, 0.717) is 5.69 Å². The van der Waals surface area contributed by atoms with Crippen LogP contribution in [0.5, 0.6) is 0 Å². The molecular formula is C11H8BrF3N4O. The van der Waals surface area contributed by atoms with Crippen molar-refractivity contribution in [2.24, 2.45) is 7.05 Å². The van der Waals surface area contributed by atoms with E-state index in [4.69, 9.17) is 0 Å². The Labute approximate surface area is 119 Å². The third kappa shape index (κ3) is 2.82. The molecule has 0 aliphatic rings. The molecule has 2 aromatic rings. The summed E-state index contributed by atoms with van der Waals surface area (Å²) in [5.74, 6) is -0.700. The molecule has 0 bridgehead atoms. The first-order valence-electron chi connectivity index (χ1n) is 5.31. The molecule has 0 aliphatic heterocycles. The third-order valence-corrected chi connectivity index (χ3v) is 3.16. The number of aromatic nitrogens is 3. The summed E-state index contributed by atoms with van der Waals surface area (Å²) in [5, 5.41) is 5.78. The fourth-order valence-corrected chi connectivity index (χ4v) is 2.29. The number of halogens is 4. The van der Waals surface area contributed by atoms with Crippen LogP contribution in [0, 0.1) is 0 Å².